The van der Waals surface area contributed by atoms with Gasteiger partial charge in [-0.2, -0.15) is 5.56 Å². The van der Waals surface area contributed by atoms with Gasteiger partial charge in [-0.05, 0) is 20.8 Å². The molecule has 2 aromatic rings. The summed E-state index contributed by atoms with van der Waals surface area (Å²) in [6.45, 7) is 15.8. The molecule has 0 heterocycles. The molecule has 0 nitrogen and oxygen atoms in total. The van der Waals surface area contributed by atoms with E-state index in [1.54, 1.807) is 0 Å². The molecule has 0 aromatic heterocycles. The molecule has 0 saturated carbocycles. The summed E-state index contributed by atoms with van der Waals surface area (Å²) in [6.07, 6.45) is 0. The molecule has 187 valence electrons. The van der Waals surface area contributed by atoms with E-state index in [0.29, 0.717) is 0 Å². The van der Waals surface area contributed by atoms with Gasteiger partial charge in [-0.25, -0.2) is 0 Å². The van der Waals surface area contributed by atoms with Crippen molar-refractivity contribution in [3.05, 3.63) is 38.9 Å². The molecule has 2 aromatic carbocycles. The van der Waals surface area contributed by atoms with E-state index < -0.39 is 15.6 Å². The fourth-order valence-electron chi connectivity index (χ4n) is 2.91. The first kappa shape index (κ1) is 32.5. The van der Waals surface area contributed by atoms with Gasteiger partial charge in [-0.1, -0.05) is 44.4 Å². The smallest absolute Gasteiger partial charge is 3.00 e. The zero-order valence-electron chi connectivity index (χ0n) is 17.3. The molecule has 0 aliphatic rings. The van der Waals surface area contributed by atoms with Crippen LogP contribution in [-0.4, -0.2) is 0 Å². The normalized spacial score (nSPS) is 16.4. The molecule has 0 aliphatic heterocycles. The fraction of sp³-hybridized carbons (Fsp3) is 0.438. The van der Waals surface area contributed by atoms with Crippen LogP contribution in [0.15, 0.2) is 0 Å². The molecule has 1 radical (unpaired) electrons. The van der Waals surface area contributed by atoms with Crippen LogP contribution < -0.4 is 0 Å². The topological polar surface area (TPSA) is 0 Å². The Balaban J connectivity index is 0. The molecular weight excluding hydrogens is 538 g/mol. The van der Waals surface area contributed by atoms with Gasteiger partial charge < -0.3 is 0 Å². The first-order chi connectivity index (χ1) is 12.3. The van der Waals surface area contributed by atoms with E-state index in [0.717, 1.165) is 0 Å². The van der Waals surface area contributed by atoms with Crippen molar-refractivity contribution in [1.29, 1.82) is 0 Å². The maximum absolute atomic E-state index is 10.7. The van der Waals surface area contributed by atoms with Crippen molar-refractivity contribution >= 4 is 26.4 Å². The molecule has 0 amide bonds. The van der Waals surface area contributed by atoms with E-state index in [1.165, 1.54) is 49.7 Å². The van der Waals surface area contributed by atoms with E-state index in [-0.39, 0.29) is 17.1 Å². The van der Waals surface area contributed by atoms with Crippen molar-refractivity contribution in [3.63, 3.8) is 0 Å². The number of halogens is 12. The fourth-order valence-corrected chi connectivity index (χ4v) is 2.91. The number of rotatable bonds is 0. The summed E-state index contributed by atoms with van der Waals surface area (Å²) < 4.78 is 118. The maximum atomic E-state index is 9.87. The van der Waals surface area contributed by atoms with Crippen molar-refractivity contribution in [2.75, 3.05) is 0 Å². The zero-order valence-corrected chi connectivity index (χ0v) is 20.2. The van der Waals surface area contributed by atoms with Crippen LogP contribution in [0.2, 0.25) is 0 Å². The molecule has 0 unspecified atom stereocenters. The average Bonchev–Trinajstić information content (AvgIpc) is 2.60. The predicted octanol–water partition coefficient (Wildman–Crippen LogP) is 11.5. The molecule has 0 atom stereocenters. The standard InChI is InChI=1S/C16H21.2F6P.Fe/c1-8-9(2)12(5)16-14(7)10(3)13(6)15(16)11(8)4;2*1-7(2,3,4,5)6;/h1-7H3;;;/q3*-1;+3. The molecule has 0 N–H and O–H groups in total. The van der Waals surface area contributed by atoms with Gasteiger partial charge in [-0.3, -0.25) is 0 Å². The van der Waals surface area contributed by atoms with Crippen molar-refractivity contribution in [1.82, 2.24) is 0 Å². The van der Waals surface area contributed by atoms with Crippen LogP contribution >= 0.6 is 15.6 Å². The van der Waals surface area contributed by atoms with Gasteiger partial charge in [0.25, 0.3) is 0 Å². The molecule has 0 aliphatic carbocycles. The second-order valence-electron chi connectivity index (χ2n) is 7.04. The first-order valence-electron chi connectivity index (χ1n) is 8.03. The monoisotopic (exact) mass is 559 g/mol. The van der Waals surface area contributed by atoms with E-state index >= 15 is 0 Å². The third-order valence-electron chi connectivity index (χ3n) is 4.56. The Morgan fingerprint density at radius 2 is 0.742 bits per heavy atom. The van der Waals surface area contributed by atoms with Gasteiger partial charge in [-0.15, -0.1) is 27.5 Å². The molecule has 0 fully saturated rings. The minimum atomic E-state index is -10.7. The van der Waals surface area contributed by atoms with E-state index in [4.69, 9.17) is 0 Å². The third-order valence-corrected chi connectivity index (χ3v) is 4.56. The van der Waals surface area contributed by atoms with Gasteiger partial charge in [0.05, 0.1) is 0 Å². The van der Waals surface area contributed by atoms with Crippen LogP contribution in [0.4, 0.5) is 50.4 Å². The van der Waals surface area contributed by atoms with E-state index in [9.17, 15) is 50.4 Å². The second-order valence-corrected chi connectivity index (χ2v) is 10.9. The van der Waals surface area contributed by atoms with Gasteiger partial charge in [0, 0.05) is 0 Å². The first-order valence-corrected chi connectivity index (χ1v) is 12.1. The largest absolute Gasteiger partial charge is 3.00 e. The summed E-state index contributed by atoms with van der Waals surface area (Å²) in [7, 11) is -21.3. The minimum absolute atomic E-state index is 0. The number of hydrogen-bond acceptors (Lipinski definition) is 0. The van der Waals surface area contributed by atoms with Crippen molar-refractivity contribution in [2.24, 2.45) is 0 Å². The van der Waals surface area contributed by atoms with E-state index in [2.05, 4.69) is 48.5 Å². The summed E-state index contributed by atoms with van der Waals surface area (Å²) in [4.78, 5) is 0. The summed E-state index contributed by atoms with van der Waals surface area (Å²) in [5.74, 6) is 0. The van der Waals surface area contributed by atoms with Crippen LogP contribution in [0.5, 0.6) is 0 Å². The van der Waals surface area contributed by atoms with Crippen molar-refractivity contribution in [2.45, 2.75) is 48.5 Å². The number of benzene rings is 1. The van der Waals surface area contributed by atoms with Crippen LogP contribution in [0.25, 0.3) is 10.8 Å². The number of hydrogen-bond donors (Lipinski definition) is 0. The molecular formula is C16H21F12FeP2. The van der Waals surface area contributed by atoms with Crippen LogP contribution in [0.3, 0.4) is 0 Å². The molecule has 0 bridgehead atoms. The second kappa shape index (κ2) is 7.44. The Morgan fingerprint density at radius 1 is 0.484 bits per heavy atom. The molecule has 15 heteroatoms. The quantitative estimate of drug-likeness (QED) is 0.130. The van der Waals surface area contributed by atoms with Gasteiger partial charge in [0.15, 0.2) is 0 Å². The third kappa shape index (κ3) is 14.2. The Morgan fingerprint density at radius 3 is 1.03 bits per heavy atom. The van der Waals surface area contributed by atoms with Crippen LogP contribution in [0, 0.1) is 48.5 Å². The number of aryl methyl sites for hydroxylation is 4. The van der Waals surface area contributed by atoms with Gasteiger partial charge in [0.1, 0.15) is 0 Å². The van der Waals surface area contributed by atoms with Crippen molar-refractivity contribution in [3.8, 4) is 0 Å². The van der Waals surface area contributed by atoms with E-state index in [1.807, 2.05) is 0 Å². The summed E-state index contributed by atoms with van der Waals surface area (Å²) in [5, 5.41) is 2.99. The Kier molecular flexibility index (Phi) is 7.81. The summed E-state index contributed by atoms with van der Waals surface area (Å²) in [5.41, 5.74) is 10.2. The minimum Gasteiger partial charge on any atom is 3.00 e. The Hall–Kier alpha value is -0.631. The van der Waals surface area contributed by atoms with Gasteiger partial charge >= 0.3 is 83.0 Å². The number of fused-ring (bicyclic) bond motifs is 1. The van der Waals surface area contributed by atoms with Crippen LogP contribution in [0.1, 0.15) is 38.9 Å². The summed E-state index contributed by atoms with van der Waals surface area (Å²) in [6, 6.07) is 0. The zero-order chi connectivity index (χ0) is 25.0. The molecule has 2 rings (SSSR count). The van der Waals surface area contributed by atoms with Gasteiger partial charge in [0.2, 0.25) is 0 Å². The predicted molar refractivity (Wildman–Crippen MR) is 99.8 cm³/mol. The van der Waals surface area contributed by atoms with Crippen LogP contribution in [-0.2, 0) is 17.1 Å². The maximum Gasteiger partial charge on any atom is 3.00 e. The molecule has 0 spiro atoms. The molecule has 31 heavy (non-hydrogen) atoms. The SMILES string of the molecule is Cc1c(C)c(C)c2c(c1C)c(C)c(C)[c-]2C.F[P-](F)(F)(F)(F)F.F[P-](F)(F)(F)(F)F.[Fe+3]. The average molecular weight is 559 g/mol. The van der Waals surface area contributed by atoms with Crippen molar-refractivity contribution < 1.29 is 67.4 Å². The Labute approximate surface area is 181 Å². The summed E-state index contributed by atoms with van der Waals surface area (Å²) >= 11 is 0. The molecule has 0 saturated heterocycles. The Bertz CT molecular complexity index is 879.